The molecule has 17 heavy (non-hydrogen) atoms. The Kier molecular flexibility index (Phi) is 5.14. The Labute approximate surface area is 112 Å². The molecule has 1 aromatic heterocycles. The first kappa shape index (κ1) is 14.2. The Morgan fingerprint density at radius 3 is 2.71 bits per heavy atom. The van der Waals surface area contributed by atoms with Gasteiger partial charge in [-0.3, -0.25) is 9.59 Å². The molecule has 0 aliphatic heterocycles. The molecule has 94 valence electrons. The molecule has 0 spiro atoms. The van der Waals surface area contributed by atoms with Gasteiger partial charge in [0.2, 0.25) is 0 Å². The lowest BCUT2D eigenvalue weighted by Gasteiger charge is -2.09. The minimum Gasteiger partial charge on any atom is -0.481 e. The fourth-order valence-electron chi connectivity index (χ4n) is 1.30. The molecular weight excluding hydrogens is 306 g/mol. The van der Waals surface area contributed by atoms with Crippen LogP contribution in [0.1, 0.15) is 28.6 Å². The molecular formula is C11H14BrNO3S. The number of thiophene rings is 1. The molecule has 0 bridgehead atoms. The van der Waals surface area contributed by atoms with Gasteiger partial charge in [0.25, 0.3) is 5.91 Å². The summed E-state index contributed by atoms with van der Waals surface area (Å²) in [6.07, 6.45) is 0.0629. The van der Waals surface area contributed by atoms with Crippen molar-refractivity contribution in [2.45, 2.75) is 20.3 Å². The lowest BCUT2D eigenvalue weighted by molar-refractivity contribution is -0.137. The molecule has 0 aliphatic carbocycles. The van der Waals surface area contributed by atoms with Crippen LogP contribution in [0.15, 0.2) is 9.85 Å². The second-order valence-electron chi connectivity index (χ2n) is 3.98. The van der Waals surface area contributed by atoms with Gasteiger partial charge in [-0.1, -0.05) is 6.92 Å². The number of aliphatic carboxylic acids is 1. The van der Waals surface area contributed by atoms with E-state index in [0.717, 1.165) is 9.35 Å². The predicted molar refractivity (Wildman–Crippen MR) is 70.5 cm³/mol. The van der Waals surface area contributed by atoms with E-state index in [2.05, 4.69) is 21.2 Å². The van der Waals surface area contributed by atoms with E-state index in [1.807, 2.05) is 13.0 Å². The van der Waals surface area contributed by atoms with Crippen molar-refractivity contribution in [3.63, 3.8) is 0 Å². The number of amides is 1. The van der Waals surface area contributed by atoms with E-state index in [1.54, 1.807) is 6.92 Å². The molecule has 1 rings (SSSR count). The van der Waals surface area contributed by atoms with Gasteiger partial charge in [0.1, 0.15) is 0 Å². The molecule has 1 atom stereocenters. The first-order valence-electron chi connectivity index (χ1n) is 5.16. The lowest BCUT2D eigenvalue weighted by Crippen LogP contribution is -2.28. The van der Waals surface area contributed by atoms with Gasteiger partial charge in [0, 0.05) is 13.0 Å². The van der Waals surface area contributed by atoms with Gasteiger partial charge >= 0.3 is 5.97 Å². The highest BCUT2D eigenvalue weighted by molar-refractivity contribution is 9.11. The number of carboxylic acids is 1. The van der Waals surface area contributed by atoms with Crippen LogP contribution in [0.3, 0.4) is 0 Å². The summed E-state index contributed by atoms with van der Waals surface area (Å²) in [5.74, 6) is -1.07. The maximum absolute atomic E-state index is 11.7. The maximum atomic E-state index is 11.7. The Morgan fingerprint density at radius 1 is 1.59 bits per heavy atom. The third-order valence-corrected chi connectivity index (χ3v) is 4.35. The summed E-state index contributed by atoms with van der Waals surface area (Å²) < 4.78 is 0.946. The predicted octanol–water partition coefficient (Wildman–Crippen LogP) is 2.66. The normalized spacial score (nSPS) is 12.2. The molecule has 0 aliphatic rings. The van der Waals surface area contributed by atoms with Crippen LogP contribution < -0.4 is 5.32 Å². The molecule has 4 nitrogen and oxygen atoms in total. The lowest BCUT2D eigenvalue weighted by atomic mass is 10.1. The Hall–Kier alpha value is -0.880. The van der Waals surface area contributed by atoms with Crippen LogP contribution in [0.5, 0.6) is 0 Å². The van der Waals surface area contributed by atoms with Crippen LogP contribution in [0.4, 0.5) is 0 Å². The molecule has 0 saturated carbocycles. The smallest absolute Gasteiger partial charge is 0.303 e. The third kappa shape index (κ3) is 4.47. The van der Waals surface area contributed by atoms with E-state index >= 15 is 0 Å². The minimum absolute atomic E-state index is 0.0629. The molecule has 0 radical (unpaired) electrons. The van der Waals surface area contributed by atoms with E-state index in [-0.39, 0.29) is 18.2 Å². The largest absolute Gasteiger partial charge is 0.481 e. The Morgan fingerprint density at radius 2 is 2.24 bits per heavy atom. The minimum atomic E-state index is -0.846. The van der Waals surface area contributed by atoms with Gasteiger partial charge in [0.05, 0.1) is 8.66 Å². The van der Waals surface area contributed by atoms with Crippen LogP contribution in [0.25, 0.3) is 0 Å². The van der Waals surface area contributed by atoms with Crippen molar-refractivity contribution >= 4 is 39.1 Å². The SMILES string of the molecule is Cc1cc(C(=O)NCC(C)CC(=O)O)sc1Br. The van der Waals surface area contributed by atoms with E-state index in [0.29, 0.717) is 11.4 Å². The average molecular weight is 320 g/mol. The standard InChI is InChI=1S/C11H14BrNO3S/c1-6(3-9(14)15)5-13-11(16)8-4-7(2)10(12)17-8/h4,6H,3,5H2,1-2H3,(H,13,16)(H,14,15). The summed E-state index contributed by atoms with van der Waals surface area (Å²) in [6.45, 7) is 4.09. The molecule has 0 saturated heterocycles. The highest BCUT2D eigenvalue weighted by Gasteiger charge is 2.13. The van der Waals surface area contributed by atoms with Crippen molar-refractivity contribution in [2.75, 3.05) is 6.54 Å². The van der Waals surface area contributed by atoms with E-state index in [4.69, 9.17) is 5.11 Å². The van der Waals surface area contributed by atoms with Crippen molar-refractivity contribution < 1.29 is 14.7 Å². The van der Waals surface area contributed by atoms with Gasteiger partial charge in [-0.25, -0.2) is 0 Å². The highest BCUT2D eigenvalue weighted by atomic mass is 79.9. The summed E-state index contributed by atoms with van der Waals surface area (Å²) in [5, 5.41) is 11.3. The number of carboxylic acid groups (broad SMARTS) is 1. The number of hydrogen-bond donors (Lipinski definition) is 2. The van der Waals surface area contributed by atoms with E-state index in [1.165, 1.54) is 11.3 Å². The Bertz CT molecular complexity index is 411. The number of carbonyl (C=O) groups is 2. The fraction of sp³-hybridized carbons (Fsp3) is 0.455. The second-order valence-corrected chi connectivity index (χ2v) is 6.35. The van der Waals surface area contributed by atoms with Crippen LogP contribution in [0.2, 0.25) is 0 Å². The van der Waals surface area contributed by atoms with Crippen LogP contribution in [-0.4, -0.2) is 23.5 Å². The summed E-state index contributed by atoms with van der Waals surface area (Å²) in [7, 11) is 0. The van der Waals surface area contributed by atoms with Crippen molar-refractivity contribution in [1.29, 1.82) is 0 Å². The number of nitrogens with one attached hydrogen (secondary N) is 1. The number of aryl methyl sites for hydroxylation is 1. The van der Waals surface area contributed by atoms with Gasteiger partial charge in [0.15, 0.2) is 0 Å². The second kappa shape index (κ2) is 6.16. The van der Waals surface area contributed by atoms with Crippen LogP contribution in [0, 0.1) is 12.8 Å². The van der Waals surface area contributed by atoms with Crippen molar-refractivity contribution in [1.82, 2.24) is 5.32 Å². The summed E-state index contributed by atoms with van der Waals surface area (Å²) in [5.41, 5.74) is 1.03. The van der Waals surface area contributed by atoms with E-state index in [9.17, 15) is 9.59 Å². The summed E-state index contributed by atoms with van der Waals surface area (Å²) in [4.78, 5) is 22.8. The number of hydrogen-bond acceptors (Lipinski definition) is 3. The van der Waals surface area contributed by atoms with Crippen LogP contribution >= 0.6 is 27.3 Å². The summed E-state index contributed by atoms with van der Waals surface area (Å²) >= 11 is 4.73. The van der Waals surface area contributed by atoms with Crippen LogP contribution in [-0.2, 0) is 4.79 Å². The molecule has 0 fully saturated rings. The van der Waals surface area contributed by atoms with Crippen molar-refractivity contribution in [3.8, 4) is 0 Å². The topological polar surface area (TPSA) is 66.4 Å². The number of halogens is 1. The van der Waals surface area contributed by atoms with Crippen molar-refractivity contribution in [2.24, 2.45) is 5.92 Å². The fourth-order valence-corrected chi connectivity index (χ4v) is 2.75. The zero-order valence-corrected chi connectivity index (χ0v) is 12.0. The first-order chi connectivity index (χ1) is 7.90. The molecule has 0 aromatic carbocycles. The summed E-state index contributed by atoms with van der Waals surface area (Å²) in [6, 6.07) is 1.81. The maximum Gasteiger partial charge on any atom is 0.303 e. The molecule has 6 heteroatoms. The first-order valence-corrected chi connectivity index (χ1v) is 6.77. The molecule has 1 heterocycles. The zero-order chi connectivity index (χ0) is 13.0. The monoisotopic (exact) mass is 319 g/mol. The van der Waals surface area contributed by atoms with Crippen molar-refractivity contribution in [3.05, 3.63) is 20.3 Å². The van der Waals surface area contributed by atoms with E-state index < -0.39 is 5.97 Å². The molecule has 1 aromatic rings. The molecule has 1 amide bonds. The quantitative estimate of drug-likeness (QED) is 0.876. The van der Waals surface area contributed by atoms with Gasteiger partial charge < -0.3 is 10.4 Å². The number of carbonyl (C=O) groups excluding carboxylic acids is 1. The van der Waals surface area contributed by atoms with Gasteiger partial charge in [-0.2, -0.15) is 0 Å². The average Bonchev–Trinajstić information content (AvgIpc) is 2.55. The molecule has 2 N–H and O–H groups in total. The Balaban J connectivity index is 2.47. The third-order valence-electron chi connectivity index (χ3n) is 2.22. The molecule has 1 unspecified atom stereocenters. The highest BCUT2D eigenvalue weighted by Crippen LogP contribution is 2.27. The zero-order valence-electron chi connectivity index (χ0n) is 9.62. The van der Waals surface area contributed by atoms with Gasteiger partial charge in [-0.05, 0) is 40.4 Å². The number of rotatable bonds is 5. The van der Waals surface area contributed by atoms with Gasteiger partial charge in [-0.15, -0.1) is 11.3 Å².